The maximum absolute atomic E-state index is 12.6. The second-order valence-electron chi connectivity index (χ2n) is 6.88. The van der Waals surface area contributed by atoms with Crippen LogP contribution in [0.25, 0.3) is 0 Å². The van der Waals surface area contributed by atoms with Crippen LogP contribution in [0.5, 0.6) is 0 Å². The third-order valence-electron chi connectivity index (χ3n) is 4.97. The number of carbonyl (C=O) groups excluding carboxylic acids is 1. The molecule has 0 aromatic carbocycles. The Morgan fingerprint density at radius 1 is 1.43 bits per heavy atom. The van der Waals surface area contributed by atoms with Crippen LogP contribution in [0.2, 0.25) is 0 Å². The van der Waals surface area contributed by atoms with Gasteiger partial charge in [0, 0.05) is 38.1 Å². The molecule has 23 heavy (non-hydrogen) atoms. The Morgan fingerprint density at radius 2 is 2.26 bits per heavy atom. The number of aromatic nitrogens is 2. The zero-order chi connectivity index (χ0) is 16.1. The normalized spacial score (nSPS) is 24.7. The predicted molar refractivity (Wildman–Crippen MR) is 88.0 cm³/mol. The van der Waals surface area contributed by atoms with Gasteiger partial charge in [-0.15, -0.1) is 0 Å². The molecule has 2 fully saturated rings. The summed E-state index contributed by atoms with van der Waals surface area (Å²) >= 11 is 0. The quantitative estimate of drug-likeness (QED) is 0.858. The van der Waals surface area contributed by atoms with Crippen molar-refractivity contribution in [2.75, 3.05) is 26.3 Å². The molecule has 3 rings (SSSR count). The second-order valence-corrected chi connectivity index (χ2v) is 6.88. The average molecular weight is 320 g/mol. The van der Waals surface area contributed by atoms with Gasteiger partial charge in [0.25, 0.3) is 0 Å². The smallest absolute Gasteiger partial charge is 0.239 e. The Balaban J connectivity index is 1.49. The van der Waals surface area contributed by atoms with Gasteiger partial charge < -0.3 is 14.6 Å². The third-order valence-corrected chi connectivity index (χ3v) is 4.97. The molecule has 1 aromatic heterocycles. The number of nitrogens with one attached hydrogen (secondary N) is 1. The molecule has 1 N–H and O–H groups in total. The fourth-order valence-electron chi connectivity index (χ4n) is 3.73. The first-order valence-corrected chi connectivity index (χ1v) is 8.81. The Kier molecular flexibility index (Phi) is 5.67. The van der Waals surface area contributed by atoms with E-state index >= 15 is 0 Å². The molecular formula is C17H28N4O2. The van der Waals surface area contributed by atoms with E-state index in [4.69, 9.17) is 4.74 Å². The van der Waals surface area contributed by atoms with Crippen molar-refractivity contribution >= 4 is 5.91 Å². The van der Waals surface area contributed by atoms with E-state index in [-0.39, 0.29) is 11.9 Å². The molecule has 2 heterocycles. The second kappa shape index (κ2) is 7.93. The molecule has 1 saturated carbocycles. The molecule has 1 aromatic rings. The summed E-state index contributed by atoms with van der Waals surface area (Å²) < 4.78 is 7.62. The maximum Gasteiger partial charge on any atom is 0.239 e. The van der Waals surface area contributed by atoms with Crippen LogP contribution in [-0.4, -0.2) is 58.7 Å². The van der Waals surface area contributed by atoms with Gasteiger partial charge in [0.1, 0.15) is 6.04 Å². The fraction of sp³-hybridized carbons (Fsp3) is 0.765. The summed E-state index contributed by atoms with van der Waals surface area (Å²) in [6.07, 6.45) is 10.6. The van der Waals surface area contributed by atoms with Crippen molar-refractivity contribution in [1.29, 1.82) is 0 Å². The van der Waals surface area contributed by atoms with Gasteiger partial charge in [-0.25, -0.2) is 4.98 Å². The van der Waals surface area contributed by atoms with Gasteiger partial charge in [0.05, 0.1) is 19.5 Å². The number of hydrogen-bond acceptors (Lipinski definition) is 4. The largest absolute Gasteiger partial charge is 0.378 e. The number of morpholine rings is 1. The lowest BCUT2D eigenvalue weighted by molar-refractivity contribution is -0.134. The minimum Gasteiger partial charge on any atom is -0.378 e. The Labute approximate surface area is 138 Å². The molecule has 1 aliphatic heterocycles. The fourth-order valence-corrected chi connectivity index (χ4v) is 3.73. The maximum atomic E-state index is 12.6. The van der Waals surface area contributed by atoms with Crippen molar-refractivity contribution in [1.82, 2.24) is 19.8 Å². The number of amides is 1. The lowest BCUT2D eigenvalue weighted by atomic mass is 10.1. The van der Waals surface area contributed by atoms with E-state index in [2.05, 4.69) is 22.1 Å². The summed E-state index contributed by atoms with van der Waals surface area (Å²) in [5, 5.41) is 3.12. The summed E-state index contributed by atoms with van der Waals surface area (Å²) in [6, 6.07) is 0.449. The first-order valence-electron chi connectivity index (χ1n) is 8.81. The van der Waals surface area contributed by atoms with Crippen LogP contribution in [-0.2, 0) is 16.1 Å². The third kappa shape index (κ3) is 4.32. The molecule has 2 aliphatic rings. The van der Waals surface area contributed by atoms with Crippen molar-refractivity contribution in [2.24, 2.45) is 5.92 Å². The van der Waals surface area contributed by atoms with E-state index in [9.17, 15) is 4.79 Å². The summed E-state index contributed by atoms with van der Waals surface area (Å²) in [5.74, 6) is 0.492. The lowest BCUT2D eigenvalue weighted by Gasteiger charge is -2.38. The molecule has 6 heteroatoms. The molecule has 0 radical (unpaired) electrons. The summed E-state index contributed by atoms with van der Waals surface area (Å²) in [4.78, 5) is 19.1. The van der Waals surface area contributed by atoms with Crippen LogP contribution in [0.4, 0.5) is 0 Å². The number of imidazole rings is 1. The highest BCUT2D eigenvalue weighted by molar-refractivity contribution is 5.82. The van der Waals surface area contributed by atoms with Gasteiger partial charge in [-0.05, 0) is 18.8 Å². The molecule has 0 unspecified atom stereocenters. The number of rotatable bonds is 6. The topological polar surface area (TPSA) is 59.4 Å². The number of hydrogen-bond donors (Lipinski definition) is 1. The van der Waals surface area contributed by atoms with Gasteiger partial charge in [-0.2, -0.15) is 0 Å². The molecule has 2 atom stereocenters. The van der Waals surface area contributed by atoms with E-state index in [1.807, 2.05) is 17.1 Å². The lowest BCUT2D eigenvalue weighted by Crippen LogP contribution is -2.57. The van der Waals surface area contributed by atoms with Gasteiger partial charge >= 0.3 is 0 Å². The van der Waals surface area contributed by atoms with Crippen molar-refractivity contribution in [3.63, 3.8) is 0 Å². The molecule has 128 valence electrons. The van der Waals surface area contributed by atoms with E-state index in [1.54, 1.807) is 6.20 Å². The summed E-state index contributed by atoms with van der Waals surface area (Å²) in [5.41, 5.74) is 0. The van der Waals surface area contributed by atoms with Crippen LogP contribution >= 0.6 is 0 Å². The average Bonchev–Trinajstić information content (AvgIpc) is 3.26. The van der Waals surface area contributed by atoms with Gasteiger partial charge in [-0.3, -0.25) is 9.69 Å². The van der Waals surface area contributed by atoms with E-state index in [0.717, 1.165) is 19.7 Å². The van der Waals surface area contributed by atoms with Gasteiger partial charge in [0.2, 0.25) is 5.91 Å². The van der Waals surface area contributed by atoms with Crippen molar-refractivity contribution in [2.45, 2.75) is 51.2 Å². The summed E-state index contributed by atoms with van der Waals surface area (Å²) in [7, 11) is 0. The molecule has 6 nitrogen and oxygen atoms in total. The summed E-state index contributed by atoms with van der Waals surface area (Å²) in [6.45, 7) is 5.86. The highest BCUT2D eigenvalue weighted by Gasteiger charge is 2.35. The van der Waals surface area contributed by atoms with Crippen LogP contribution < -0.4 is 5.32 Å². The monoisotopic (exact) mass is 320 g/mol. The van der Waals surface area contributed by atoms with E-state index in [0.29, 0.717) is 25.1 Å². The van der Waals surface area contributed by atoms with E-state index in [1.165, 1.54) is 25.7 Å². The predicted octanol–water partition coefficient (Wildman–Crippen LogP) is 1.28. The van der Waals surface area contributed by atoms with Gasteiger partial charge in [0.15, 0.2) is 0 Å². The highest BCUT2D eigenvalue weighted by Crippen LogP contribution is 2.26. The molecule has 1 amide bonds. The first-order chi connectivity index (χ1) is 11.2. The first kappa shape index (κ1) is 16.5. The number of nitrogens with zero attached hydrogens (tertiary/aromatic N) is 3. The molecule has 0 spiro atoms. The van der Waals surface area contributed by atoms with Crippen molar-refractivity contribution < 1.29 is 9.53 Å². The van der Waals surface area contributed by atoms with Crippen molar-refractivity contribution in [3.05, 3.63) is 18.7 Å². The Bertz CT molecular complexity index is 485. The molecular weight excluding hydrogens is 292 g/mol. The zero-order valence-electron chi connectivity index (χ0n) is 14.0. The van der Waals surface area contributed by atoms with Crippen LogP contribution in [0.1, 0.15) is 32.6 Å². The van der Waals surface area contributed by atoms with Gasteiger partial charge in [-0.1, -0.05) is 19.8 Å². The minimum absolute atomic E-state index is 0.118. The highest BCUT2D eigenvalue weighted by atomic mass is 16.5. The molecule has 0 bridgehead atoms. The van der Waals surface area contributed by atoms with E-state index < -0.39 is 0 Å². The molecule has 1 saturated heterocycles. The Morgan fingerprint density at radius 3 is 3.00 bits per heavy atom. The number of carbonyl (C=O) groups is 1. The van der Waals surface area contributed by atoms with Crippen LogP contribution in [0, 0.1) is 5.92 Å². The molecule has 1 aliphatic carbocycles. The SMILES string of the molecule is C[C@@H](CNC(=O)[C@H]1COCCN1C1CCCC1)Cn1ccnc1. The van der Waals surface area contributed by atoms with Crippen molar-refractivity contribution in [3.8, 4) is 0 Å². The van der Waals surface area contributed by atoms with Crippen LogP contribution in [0.15, 0.2) is 18.7 Å². The standard InChI is InChI=1S/C17H28N4O2/c1-14(11-20-7-6-18-13-20)10-19-17(22)16-12-23-9-8-21(16)15-4-2-3-5-15/h6-7,13-16H,2-5,8-12H2,1H3,(H,19,22)/t14-,16+/m0/s1. The zero-order valence-corrected chi connectivity index (χ0v) is 14.0. The Hall–Kier alpha value is -1.40. The van der Waals surface area contributed by atoms with Crippen LogP contribution in [0.3, 0.4) is 0 Å². The minimum atomic E-state index is -0.118. The number of ether oxygens (including phenoxy) is 1.